The van der Waals surface area contributed by atoms with Crippen LogP contribution in [0.2, 0.25) is 0 Å². The van der Waals surface area contributed by atoms with Gasteiger partial charge in [-0.2, -0.15) is 4.98 Å². The molecule has 0 fully saturated rings. The van der Waals surface area contributed by atoms with Gasteiger partial charge in [-0.05, 0) is 51.0 Å². The second kappa shape index (κ2) is 14.0. The second-order valence-electron chi connectivity index (χ2n) is 12.8. The molecule has 4 heterocycles. The molecule has 4 aromatic rings. The Morgan fingerprint density at radius 3 is 1.74 bits per heavy atom. The van der Waals surface area contributed by atoms with E-state index in [1.165, 1.54) is 16.0 Å². The molecule has 1 atom stereocenters. The highest BCUT2D eigenvalue weighted by molar-refractivity contribution is 7.90. The largest absolute Gasteiger partial charge is 0.394 e. The topological polar surface area (TPSA) is 185 Å². The van der Waals surface area contributed by atoms with Crippen molar-refractivity contribution in [3.05, 3.63) is 83.2 Å². The predicted molar refractivity (Wildman–Crippen MR) is 190 cm³/mol. The van der Waals surface area contributed by atoms with Crippen molar-refractivity contribution in [2.45, 2.75) is 57.6 Å². The van der Waals surface area contributed by atoms with Gasteiger partial charge in [-0.1, -0.05) is 36.4 Å². The Morgan fingerprint density at radius 2 is 1.28 bits per heavy atom. The summed E-state index contributed by atoms with van der Waals surface area (Å²) in [6.45, 7) is 7.68. The van der Waals surface area contributed by atoms with E-state index >= 15 is 0 Å². The highest BCUT2D eigenvalue weighted by atomic mass is 32.2. The molecule has 0 saturated carbocycles. The van der Waals surface area contributed by atoms with Crippen LogP contribution < -0.4 is 24.9 Å². The maximum absolute atomic E-state index is 12.9. The summed E-state index contributed by atoms with van der Waals surface area (Å²) in [7, 11) is -0.273. The molecule has 1 unspecified atom stereocenters. The smallest absolute Gasteiger partial charge is 0.330 e. The number of aryl methyl sites for hydroxylation is 2. The van der Waals surface area contributed by atoms with E-state index in [2.05, 4.69) is 25.3 Å². The summed E-state index contributed by atoms with van der Waals surface area (Å²) in [5, 5.41) is 21.9. The Balaban J connectivity index is 0.000000197. The lowest BCUT2D eigenvalue weighted by molar-refractivity contribution is 0.0523. The summed E-state index contributed by atoms with van der Waals surface area (Å²) >= 11 is 0. The number of carbonyl (C=O) groups excluding carboxylic acids is 2. The maximum Gasteiger partial charge on any atom is 0.330 e. The first kappa shape index (κ1) is 36.1. The number of amides is 4. The number of hydrogen-bond acceptors (Lipinski definition) is 11. The molecule has 2 aliphatic rings. The van der Waals surface area contributed by atoms with Crippen LogP contribution in [0.3, 0.4) is 0 Å². The Kier molecular flexibility index (Phi) is 10.1. The van der Waals surface area contributed by atoms with Crippen molar-refractivity contribution in [1.82, 2.24) is 19.9 Å². The number of sulfone groups is 1. The predicted octanol–water partition coefficient (Wildman–Crippen LogP) is 3.67. The highest BCUT2D eigenvalue weighted by Gasteiger charge is 2.34. The third kappa shape index (κ3) is 7.22. The van der Waals surface area contributed by atoms with Gasteiger partial charge in [0.15, 0.2) is 0 Å². The lowest BCUT2D eigenvalue weighted by Crippen LogP contribution is -2.47. The summed E-state index contributed by atoms with van der Waals surface area (Å²) in [6.07, 6.45) is 3.21. The lowest BCUT2D eigenvalue weighted by atomic mass is 9.98. The number of nitrogens with zero attached hydrogens (tertiary/aromatic N) is 8. The summed E-state index contributed by atoms with van der Waals surface area (Å²) < 4.78 is 23.2. The number of para-hydroxylation sites is 2. The number of hydrogen-bond donors (Lipinski definition) is 3. The Hall–Kier alpha value is -5.19. The van der Waals surface area contributed by atoms with Gasteiger partial charge < -0.3 is 15.5 Å². The molecule has 3 N–H and O–H groups in total. The molecule has 2 aliphatic heterocycles. The molecule has 0 radical (unpaired) electrons. The number of rotatable bonds is 7. The summed E-state index contributed by atoms with van der Waals surface area (Å²) in [6, 6.07) is 14.9. The van der Waals surface area contributed by atoms with Crippen molar-refractivity contribution in [2.75, 3.05) is 51.9 Å². The zero-order valence-electron chi connectivity index (χ0n) is 29.0. The number of fused-ring (bicyclic) bond motifs is 2. The lowest BCUT2D eigenvalue weighted by Gasteiger charge is -2.35. The fourth-order valence-corrected chi connectivity index (χ4v) is 6.05. The van der Waals surface area contributed by atoms with Gasteiger partial charge in [-0.25, -0.2) is 33.0 Å². The monoisotopic (exact) mass is 703 g/mol. The number of aromatic nitrogens is 4. The van der Waals surface area contributed by atoms with Crippen LogP contribution in [0, 0.1) is 13.8 Å². The standard InChI is InChI=1S/C19H25N5O3.C15H16N4O3S/c1-12-7-5-6-8-14(12)24-10-13-9-20-17(21-16(13)23(4)18(24)27)22-19(2,3)15(26)11-25;1-10-6-4-5-7-12(10)19-9-11-8-16-14(23(3,21)22)17-13(11)18(2)15(19)20/h5-9,15,25-26H,10-11H2,1-4H3,(H,20,21,22);4-8H,9H2,1-3H3. The van der Waals surface area contributed by atoms with Gasteiger partial charge in [0.1, 0.15) is 11.6 Å². The van der Waals surface area contributed by atoms with Crippen LogP contribution in [0.4, 0.5) is 38.5 Å². The van der Waals surface area contributed by atoms with Gasteiger partial charge in [0.2, 0.25) is 20.9 Å². The fraction of sp³-hybridized carbons (Fsp3) is 0.353. The molecule has 15 nitrogen and oxygen atoms in total. The SMILES string of the molecule is Cc1ccccc1N1Cc2cnc(NC(C)(C)C(O)CO)nc2N(C)C1=O.Cc1ccccc1N1Cc2cnc(S(C)(=O)=O)nc2N(C)C1=O. The highest BCUT2D eigenvalue weighted by Crippen LogP contribution is 2.33. The van der Waals surface area contributed by atoms with Gasteiger partial charge in [-0.15, -0.1) is 0 Å². The Bertz CT molecular complexity index is 2040. The average Bonchev–Trinajstić information content (AvgIpc) is 3.08. The van der Waals surface area contributed by atoms with E-state index in [0.717, 1.165) is 34.3 Å². The molecule has 264 valence electrons. The van der Waals surface area contributed by atoms with E-state index in [0.29, 0.717) is 30.3 Å². The van der Waals surface area contributed by atoms with Crippen LogP contribution in [0.5, 0.6) is 0 Å². The van der Waals surface area contributed by atoms with Crippen molar-refractivity contribution in [3.63, 3.8) is 0 Å². The maximum atomic E-state index is 12.9. The normalized spacial score (nSPS) is 15.2. The number of urea groups is 2. The molecule has 2 aromatic heterocycles. The van der Waals surface area contributed by atoms with Gasteiger partial charge in [0.05, 0.1) is 31.3 Å². The molecule has 4 amide bonds. The number of benzene rings is 2. The minimum atomic E-state index is -3.52. The van der Waals surface area contributed by atoms with Crippen molar-refractivity contribution in [3.8, 4) is 0 Å². The van der Waals surface area contributed by atoms with Crippen LogP contribution >= 0.6 is 0 Å². The third-order valence-electron chi connectivity index (χ3n) is 8.57. The number of aliphatic hydroxyl groups excluding tert-OH is 2. The van der Waals surface area contributed by atoms with Crippen molar-refractivity contribution >= 4 is 50.9 Å². The van der Waals surface area contributed by atoms with Crippen LogP contribution in [-0.4, -0.2) is 89.2 Å². The molecular weight excluding hydrogens is 662 g/mol. The molecular formula is C34H41N9O6S. The summed E-state index contributed by atoms with van der Waals surface area (Å²) in [5.74, 6) is 1.14. The van der Waals surface area contributed by atoms with Crippen molar-refractivity contribution < 1.29 is 28.2 Å². The van der Waals surface area contributed by atoms with Gasteiger partial charge in [0.25, 0.3) is 0 Å². The van der Waals surface area contributed by atoms with E-state index in [1.807, 2.05) is 62.4 Å². The number of anilines is 5. The van der Waals surface area contributed by atoms with Crippen LogP contribution in [0.1, 0.15) is 36.1 Å². The molecule has 6 rings (SSSR count). The Morgan fingerprint density at radius 1 is 0.820 bits per heavy atom. The quantitative estimate of drug-likeness (QED) is 0.239. The molecule has 0 spiro atoms. The molecule has 0 saturated heterocycles. The zero-order chi connectivity index (χ0) is 36.5. The van der Waals surface area contributed by atoms with Gasteiger partial charge >= 0.3 is 12.1 Å². The first-order valence-corrected chi connectivity index (χ1v) is 17.6. The van der Waals surface area contributed by atoms with Gasteiger partial charge in [-0.3, -0.25) is 19.6 Å². The molecule has 2 aromatic carbocycles. The third-order valence-corrected chi connectivity index (χ3v) is 9.43. The van der Waals surface area contributed by atoms with E-state index in [-0.39, 0.29) is 29.8 Å². The average molecular weight is 704 g/mol. The first-order valence-electron chi connectivity index (χ1n) is 15.7. The van der Waals surface area contributed by atoms with E-state index in [4.69, 9.17) is 0 Å². The molecule has 16 heteroatoms. The second-order valence-corrected chi connectivity index (χ2v) is 14.7. The first-order chi connectivity index (χ1) is 23.5. The minimum absolute atomic E-state index is 0.170. The summed E-state index contributed by atoms with van der Waals surface area (Å²) in [4.78, 5) is 48.4. The zero-order valence-corrected chi connectivity index (χ0v) is 29.8. The van der Waals surface area contributed by atoms with E-state index < -0.39 is 21.5 Å². The fourth-order valence-electron chi connectivity index (χ4n) is 5.55. The van der Waals surface area contributed by atoms with Crippen molar-refractivity contribution in [2.24, 2.45) is 0 Å². The van der Waals surface area contributed by atoms with E-state index in [1.54, 1.807) is 43.9 Å². The minimum Gasteiger partial charge on any atom is -0.394 e. The number of aliphatic hydroxyl groups is 2. The van der Waals surface area contributed by atoms with Crippen LogP contribution in [-0.2, 0) is 22.9 Å². The van der Waals surface area contributed by atoms with Crippen LogP contribution in [0.15, 0.2) is 66.1 Å². The number of nitrogens with one attached hydrogen (secondary N) is 1. The summed E-state index contributed by atoms with van der Waals surface area (Å²) in [5.41, 5.74) is 4.35. The molecule has 0 bridgehead atoms. The molecule has 0 aliphatic carbocycles. The Labute approximate surface area is 291 Å². The van der Waals surface area contributed by atoms with Crippen LogP contribution in [0.25, 0.3) is 0 Å². The van der Waals surface area contributed by atoms with Gasteiger partial charge in [0, 0.05) is 55.2 Å². The number of carbonyl (C=O) groups is 2. The van der Waals surface area contributed by atoms with E-state index in [9.17, 15) is 28.2 Å². The van der Waals surface area contributed by atoms with Crippen molar-refractivity contribution in [1.29, 1.82) is 0 Å². The molecule has 50 heavy (non-hydrogen) atoms.